The van der Waals surface area contributed by atoms with Crippen LogP contribution in [0.4, 0.5) is 0 Å². The third kappa shape index (κ3) is 10.2. The monoisotopic (exact) mass is 225 g/mol. The molecule has 0 heterocycles. The van der Waals surface area contributed by atoms with Gasteiger partial charge in [-0.15, -0.1) is 0 Å². The van der Waals surface area contributed by atoms with Gasteiger partial charge in [0.2, 0.25) is 0 Å². The Hall–Kier alpha value is -0.330. The van der Waals surface area contributed by atoms with Gasteiger partial charge in [-0.2, -0.15) is 0 Å². The molecule has 0 saturated heterocycles. The van der Waals surface area contributed by atoms with Crippen LogP contribution in [-0.2, 0) is 4.79 Å². The van der Waals surface area contributed by atoms with Crippen molar-refractivity contribution >= 4 is 6.29 Å². The molecule has 0 N–H and O–H groups in total. The van der Waals surface area contributed by atoms with Gasteiger partial charge >= 0.3 is 0 Å². The third-order valence-corrected chi connectivity index (χ3v) is 3.30. The van der Waals surface area contributed by atoms with E-state index >= 15 is 0 Å². The van der Waals surface area contributed by atoms with Gasteiger partial charge < -0.3 is 0 Å². The highest BCUT2D eigenvalue weighted by molar-refractivity contribution is 5.50. The Labute approximate surface area is 102 Å². The van der Waals surface area contributed by atoms with Crippen molar-refractivity contribution in [3.63, 3.8) is 0 Å². The van der Waals surface area contributed by atoms with Gasteiger partial charge in [0.15, 0.2) is 6.29 Å². The van der Waals surface area contributed by atoms with E-state index in [0.717, 1.165) is 12.3 Å². The quantitative estimate of drug-likeness (QED) is 0.425. The molecule has 0 aromatic rings. The van der Waals surface area contributed by atoms with E-state index in [2.05, 4.69) is 13.8 Å². The van der Waals surface area contributed by atoms with Crippen molar-refractivity contribution < 1.29 is 4.79 Å². The third-order valence-electron chi connectivity index (χ3n) is 3.30. The zero-order valence-corrected chi connectivity index (χ0v) is 11.3. The van der Waals surface area contributed by atoms with Gasteiger partial charge in [-0.1, -0.05) is 71.6 Å². The van der Waals surface area contributed by atoms with Crippen LogP contribution in [0.5, 0.6) is 0 Å². The summed E-state index contributed by atoms with van der Waals surface area (Å²) in [5.74, 6) is 0.941. The van der Waals surface area contributed by atoms with Crippen LogP contribution in [-0.4, -0.2) is 6.29 Å². The minimum absolute atomic E-state index is 0.633. The molecule has 16 heavy (non-hydrogen) atoms. The maximum atomic E-state index is 10.1. The zero-order chi connectivity index (χ0) is 12.1. The first kappa shape index (κ1) is 15.7. The van der Waals surface area contributed by atoms with Crippen molar-refractivity contribution in [3.05, 3.63) is 0 Å². The summed E-state index contributed by atoms with van der Waals surface area (Å²) in [6, 6.07) is 0. The molecule has 0 aliphatic heterocycles. The molecule has 0 fully saturated rings. The summed E-state index contributed by atoms with van der Waals surface area (Å²) in [6.07, 6.45) is 15.8. The lowest BCUT2D eigenvalue weighted by Crippen LogP contribution is -2.00. The summed E-state index contributed by atoms with van der Waals surface area (Å²) < 4.78 is 0. The van der Waals surface area contributed by atoms with Crippen molar-refractivity contribution in [3.8, 4) is 0 Å². The van der Waals surface area contributed by atoms with Crippen LogP contribution in [0, 0.1) is 5.92 Å². The van der Waals surface area contributed by atoms with E-state index in [4.69, 9.17) is 0 Å². The second kappa shape index (κ2) is 12.7. The van der Waals surface area contributed by atoms with Gasteiger partial charge in [-0.3, -0.25) is 4.79 Å². The normalized spacial score (nSPS) is 12.6. The first-order valence-electron chi connectivity index (χ1n) is 7.20. The molecule has 1 nitrogen and oxygen atoms in total. The minimum atomic E-state index is 0.633. The highest BCUT2D eigenvalue weighted by Gasteiger charge is 2.06. The lowest BCUT2D eigenvalue weighted by molar-refractivity contribution is 0.382. The Morgan fingerprint density at radius 1 is 0.812 bits per heavy atom. The summed E-state index contributed by atoms with van der Waals surface area (Å²) >= 11 is 0. The molecular formula is C15H29O. The van der Waals surface area contributed by atoms with Gasteiger partial charge in [-0.05, 0) is 12.3 Å². The number of rotatable bonds is 12. The standard InChI is InChI=1S/C15H29O/c1-3-5-8-12-15(11-4-2)13-9-6-7-10-14-16/h15H,3-13H2,1-2H3. The Morgan fingerprint density at radius 3 is 2.06 bits per heavy atom. The van der Waals surface area contributed by atoms with Crippen molar-refractivity contribution in [2.24, 2.45) is 5.92 Å². The Kier molecular flexibility index (Phi) is 12.5. The molecule has 0 aliphatic rings. The molecule has 0 aromatic carbocycles. The van der Waals surface area contributed by atoms with Gasteiger partial charge in [0.25, 0.3) is 0 Å². The van der Waals surface area contributed by atoms with Crippen LogP contribution in [0.2, 0.25) is 0 Å². The summed E-state index contributed by atoms with van der Waals surface area (Å²) in [5.41, 5.74) is 0. The molecule has 95 valence electrons. The second-order valence-corrected chi connectivity index (χ2v) is 4.89. The molecule has 1 radical (unpaired) electrons. The molecular weight excluding hydrogens is 196 g/mol. The lowest BCUT2D eigenvalue weighted by atomic mass is 9.91. The van der Waals surface area contributed by atoms with Crippen LogP contribution < -0.4 is 0 Å². The SMILES string of the molecule is CCCCCC(CCC)CCCCC[C]=O. The summed E-state index contributed by atoms with van der Waals surface area (Å²) in [4.78, 5) is 10.1. The van der Waals surface area contributed by atoms with E-state index in [0.29, 0.717) is 6.42 Å². The van der Waals surface area contributed by atoms with Gasteiger partial charge in [-0.25, -0.2) is 0 Å². The molecule has 0 bridgehead atoms. The largest absolute Gasteiger partial charge is 0.291 e. The van der Waals surface area contributed by atoms with E-state index in [1.54, 1.807) is 0 Å². The Morgan fingerprint density at radius 2 is 1.50 bits per heavy atom. The maximum Gasteiger partial charge on any atom is 0.198 e. The van der Waals surface area contributed by atoms with Gasteiger partial charge in [0.05, 0.1) is 0 Å². The number of carbonyl (C=O) groups excluding carboxylic acids is 1. The fourth-order valence-corrected chi connectivity index (χ4v) is 2.33. The summed E-state index contributed by atoms with van der Waals surface area (Å²) in [5, 5.41) is 0. The zero-order valence-electron chi connectivity index (χ0n) is 11.3. The Bertz CT molecular complexity index is 142. The van der Waals surface area contributed by atoms with E-state index in [1.165, 1.54) is 57.8 Å². The number of hydrogen-bond donors (Lipinski definition) is 0. The molecule has 0 aliphatic carbocycles. The van der Waals surface area contributed by atoms with E-state index < -0.39 is 0 Å². The molecule has 1 heteroatoms. The molecule has 1 unspecified atom stereocenters. The predicted octanol–water partition coefficient (Wildman–Crippen LogP) is 5.04. The molecule has 0 saturated carbocycles. The van der Waals surface area contributed by atoms with Gasteiger partial charge in [0.1, 0.15) is 0 Å². The average molecular weight is 225 g/mol. The summed E-state index contributed by atoms with van der Waals surface area (Å²) in [7, 11) is 0. The van der Waals surface area contributed by atoms with Crippen LogP contribution >= 0.6 is 0 Å². The van der Waals surface area contributed by atoms with Crippen molar-refractivity contribution in [2.75, 3.05) is 0 Å². The minimum Gasteiger partial charge on any atom is -0.291 e. The molecule has 0 aromatic heterocycles. The van der Waals surface area contributed by atoms with Crippen molar-refractivity contribution in [2.45, 2.75) is 84.5 Å². The van der Waals surface area contributed by atoms with Crippen molar-refractivity contribution in [1.82, 2.24) is 0 Å². The first-order valence-corrected chi connectivity index (χ1v) is 7.20. The van der Waals surface area contributed by atoms with E-state index in [-0.39, 0.29) is 0 Å². The van der Waals surface area contributed by atoms with Crippen LogP contribution in [0.25, 0.3) is 0 Å². The molecule has 0 amide bonds. The van der Waals surface area contributed by atoms with E-state index in [1.807, 2.05) is 6.29 Å². The fourth-order valence-electron chi connectivity index (χ4n) is 2.33. The Balaban J connectivity index is 3.46. The highest BCUT2D eigenvalue weighted by atomic mass is 16.1. The first-order chi connectivity index (χ1) is 7.85. The van der Waals surface area contributed by atoms with Gasteiger partial charge in [0, 0.05) is 6.42 Å². The van der Waals surface area contributed by atoms with Crippen LogP contribution in [0.1, 0.15) is 84.5 Å². The summed E-state index contributed by atoms with van der Waals surface area (Å²) in [6.45, 7) is 4.55. The average Bonchev–Trinajstić information content (AvgIpc) is 2.29. The highest BCUT2D eigenvalue weighted by Crippen LogP contribution is 2.22. The number of unbranched alkanes of at least 4 members (excludes halogenated alkanes) is 5. The van der Waals surface area contributed by atoms with Crippen LogP contribution in [0.15, 0.2) is 0 Å². The smallest absolute Gasteiger partial charge is 0.198 e. The molecule has 0 spiro atoms. The fraction of sp³-hybridized carbons (Fsp3) is 0.933. The van der Waals surface area contributed by atoms with Crippen molar-refractivity contribution in [1.29, 1.82) is 0 Å². The number of hydrogen-bond acceptors (Lipinski definition) is 1. The topological polar surface area (TPSA) is 17.1 Å². The van der Waals surface area contributed by atoms with E-state index in [9.17, 15) is 4.79 Å². The molecule has 0 rings (SSSR count). The maximum absolute atomic E-state index is 10.1. The predicted molar refractivity (Wildman–Crippen MR) is 71.3 cm³/mol. The molecule has 1 atom stereocenters. The second-order valence-electron chi connectivity index (χ2n) is 4.89. The lowest BCUT2D eigenvalue weighted by Gasteiger charge is -2.15. The van der Waals surface area contributed by atoms with Crippen LogP contribution in [0.3, 0.4) is 0 Å².